The third-order valence-corrected chi connectivity index (χ3v) is 4.05. The number of ether oxygens (including phenoxy) is 1. The van der Waals surface area contributed by atoms with Gasteiger partial charge in [-0.05, 0) is 41.8 Å². The van der Waals surface area contributed by atoms with E-state index < -0.39 is 0 Å². The largest absolute Gasteiger partial charge is 0.497 e. The number of halogens is 1. The summed E-state index contributed by atoms with van der Waals surface area (Å²) >= 11 is 0. The Hall–Kier alpha value is -2.36. The van der Waals surface area contributed by atoms with Gasteiger partial charge in [-0.3, -0.25) is 4.79 Å². The molecule has 4 heteroatoms. The van der Waals surface area contributed by atoms with Gasteiger partial charge in [-0.25, -0.2) is 4.39 Å². The first kappa shape index (κ1) is 14.6. The number of hydrogen-bond donors (Lipinski definition) is 0. The van der Waals surface area contributed by atoms with Crippen LogP contribution in [0.1, 0.15) is 18.1 Å². The lowest BCUT2D eigenvalue weighted by atomic mass is 9.92. The summed E-state index contributed by atoms with van der Waals surface area (Å²) in [5.41, 5.74) is 2.68. The summed E-state index contributed by atoms with van der Waals surface area (Å²) in [7, 11) is 1.61. The summed E-state index contributed by atoms with van der Waals surface area (Å²) < 4.78 is 18.7. The number of carbonyl (C=O) groups excluding carboxylic acids is 1. The number of amides is 1. The van der Waals surface area contributed by atoms with E-state index in [1.165, 1.54) is 12.1 Å². The predicted molar refractivity (Wildman–Crippen MR) is 83.5 cm³/mol. The van der Waals surface area contributed by atoms with Crippen molar-refractivity contribution in [1.82, 2.24) is 0 Å². The van der Waals surface area contributed by atoms with E-state index in [-0.39, 0.29) is 17.6 Å². The van der Waals surface area contributed by atoms with E-state index in [4.69, 9.17) is 4.74 Å². The van der Waals surface area contributed by atoms with E-state index in [2.05, 4.69) is 0 Å². The Labute approximate surface area is 129 Å². The Kier molecular flexibility index (Phi) is 3.84. The lowest BCUT2D eigenvalue weighted by molar-refractivity contribution is -0.122. The molecule has 2 aromatic carbocycles. The normalized spacial score (nSPS) is 17.3. The number of rotatable bonds is 3. The van der Waals surface area contributed by atoms with Crippen LogP contribution in [-0.2, 0) is 17.8 Å². The smallest absolute Gasteiger partial charge is 0.230 e. The molecule has 114 valence electrons. The Morgan fingerprint density at radius 1 is 1.23 bits per heavy atom. The number of methoxy groups -OCH3 is 1. The van der Waals surface area contributed by atoms with Crippen LogP contribution in [-0.4, -0.2) is 13.0 Å². The van der Waals surface area contributed by atoms with Crippen LogP contribution < -0.4 is 9.64 Å². The molecular weight excluding hydrogens is 281 g/mol. The summed E-state index contributed by atoms with van der Waals surface area (Å²) in [5, 5.41) is 0. The van der Waals surface area contributed by atoms with Crippen LogP contribution >= 0.6 is 0 Å². The second-order valence-corrected chi connectivity index (χ2v) is 5.65. The van der Waals surface area contributed by atoms with Gasteiger partial charge in [0.05, 0.1) is 19.3 Å². The molecule has 2 aromatic rings. The second-order valence-electron chi connectivity index (χ2n) is 5.65. The van der Waals surface area contributed by atoms with Crippen molar-refractivity contribution in [2.45, 2.75) is 19.9 Å². The van der Waals surface area contributed by atoms with E-state index in [1.807, 2.05) is 31.2 Å². The van der Waals surface area contributed by atoms with Crippen molar-refractivity contribution < 1.29 is 13.9 Å². The molecule has 0 radical (unpaired) electrons. The van der Waals surface area contributed by atoms with E-state index >= 15 is 0 Å². The van der Waals surface area contributed by atoms with Gasteiger partial charge >= 0.3 is 0 Å². The highest BCUT2D eigenvalue weighted by molar-refractivity contribution is 5.97. The highest BCUT2D eigenvalue weighted by Crippen LogP contribution is 2.32. The van der Waals surface area contributed by atoms with Crippen molar-refractivity contribution >= 4 is 11.6 Å². The van der Waals surface area contributed by atoms with Crippen molar-refractivity contribution in [2.24, 2.45) is 5.92 Å². The number of hydrogen-bond acceptors (Lipinski definition) is 2. The van der Waals surface area contributed by atoms with Crippen molar-refractivity contribution in [3.8, 4) is 5.75 Å². The number of anilines is 1. The molecule has 3 nitrogen and oxygen atoms in total. The molecule has 1 aliphatic heterocycles. The van der Waals surface area contributed by atoms with Gasteiger partial charge in [-0.1, -0.05) is 25.1 Å². The fourth-order valence-electron chi connectivity index (χ4n) is 2.84. The van der Waals surface area contributed by atoms with Crippen LogP contribution in [0.4, 0.5) is 10.1 Å². The van der Waals surface area contributed by atoms with E-state index in [0.717, 1.165) is 16.9 Å². The van der Waals surface area contributed by atoms with Crippen molar-refractivity contribution in [2.75, 3.05) is 12.0 Å². The van der Waals surface area contributed by atoms with Gasteiger partial charge in [0.1, 0.15) is 11.6 Å². The first-order valence-corrected chi connectivity index (χ1v) is 7.31. The van der Waals surface area contributed by atoms with Crippen LogP contribution in [0.25, 0.3) is 0 Å². The molecule has 1 aliphatic rings. The molecule has 0 aromatic heterocycles. The van der Waals surface area contributed by atoms with Crippen molar-refractivity contribution in [3.63, 3.8) is 0 Å². The highest BCUT2D eigenvalue weighted by Gasteiger charge is 2.30. The standard InChI is InChI=1S/C18H18FNO2/c1-12-9-14-5-6-15(19)10-17(14)20(18(12)21)11-13-3-7-16(22-2)8-4-13/h3-8,10,12H,9,11H2,1-2H3. The third kappa shape index (κ3) is 2.69. The third-order valence-electron chi connectivity index (χ3n) is 4.05. The Bertz CT molecular complexity index is 697. The van der Waals surface area contributed by atoms with Gasteiger partial charge in [0, 0.05) is 5.92 Å². The van der Waals surface area contributed by atoms with E-state index in [9.17, 15) is 9.18 Å². The molecule has 1 amide bonds. The number of carbonyl (C=O) groups is 1. The minimum atomic E-state index is -0.319. The van der Waals surface area contributed by atoms with Gasteiger partial charge in [0.2, 0.25) is 5.91 Å². The number of nitrogens with zero attached hydrogens (tertiary/aromatic N) is 1. The van der Waals surface area contributed by atoms with Gasteiger partial charge in [0.25, 0.3) is 0 Å². The number of benzene rings is 2. The molecule has 0 spiro atoms. The zero-order valence-corrected chi connectivity index (χ0v) is 12.7. The lowest BCUT2D eigenvalue weighted by Gasteiger charge is -2.33. The minimum absolute atomic E-state index is 0.0360. The summed E-state index contributed by atoms with van der Waals surface area (Å²) in [4.78, 5) is 14.2. The van der Waals surface area contributed by atoms with Crippen LogP contribution in [0.2, 0.25) is 0 Å². The topological polar surface area (TPSA) is 29.5 Å². The SMILES string of the molecule is COc1ccc(CN2C(=O)C(C)Cc3ccc(F)cc32)cc1. The van der Waals surface area contributed by atoms with Crippen molar-refractivity contribution in [1.29, 1.82) is 0 Å². The summed E-state index contributed by atoms with van der Waals surface area (Å²) in [5.74, 6) is 0.402. The molecule has 1 heterocycles. The molecule has 0 N–H and O–H groups in total. The minimum Gasteiger partial charge on any atom is -0.497 e. The molecule has 0 saturated carbocycles. The Morgan fingerprint density at radius 3 is 2.64 bits per heavy atom. The molecule has 22 heavy (non-hydrogen) atoms. The Morgan fingerprint density at radius 2 is 1.95 bits per heavy atom. The van der Waals surface area contributed by atoms with Crippen LogP contribution in [0.3, 0.4) is 0 Å². The average Bonchev–Trinajstić information content (AvgIpc) is 2.53. The quantitative estimate of drug-likeness (QED) is 0.867. The zero-order chi connectivity index (χ0) is 15.7. The first-order valence-electron chi connectivity index (χ1n) is 7.31. The average molecular weight is 299 g/mol. The molecule has 0 saturated heterocycles. The Balaban J connectivity index is 1.94. The van der Waals surface area contributed by atoms with Crippen LogP contribution in [0, 0.1) is 11.7 Å². The number of fused-ring (bicyclic) bond motifs is 1. The molecule has 0 bridgehead atoms. The maximum atomic E-state index is 13.6. The molecular formula is C18H18FNO2. The molecule has 0 fully saturated rings. The van der Waals surface area contributed by atoms with Gasteiger partial charge < -0.3 is 9.64 Å². The summed E-state index contributed by atoms with van der Waals surface area (Å²) in [6, 6.07) is 12.2. The highest BCUT2D eigenvalue weighted by atomic mass is 19.1. The molecule has 3 rings (SSSR count). The maximum absolute atomic E-state index is 13.6. The first-order chi connectivity index (χ1) is 10.6. The van der Waals surface area contributed by atoms with Crippen LogP contribution in [0.5, 0.6) is 5.75 Å². The summed E-state index contributed by atoms with van der Waals surface area (Å²) in [6.07, 6.45) is 0.660. The predicted octanol–water partition coefficient (Wildman–Crippen LogP) is 3.56. The van der Waals surface area contributed by atoms with Gasteiger partial charge in [-0.15, -0.1) is 0 Å². The molecule has 1 atom stereocenters. The van der Waals surface area contributed by atoms with Crippen LogP contribution in [0.15, 0.2) is 42.5 Å². The zero-order valence-electron chi connectivity index (χ0n) is 12.7. The molecule has 1 unspecified atom stereocenters. The van der Waals surface area contributed by atoms with Crippen molar-refractivity contribution in [3.05, 3.63) is 59.4 Å². The van der Waals surface area contributed by atoms with Gasteiger partial charge in [-0.2, -0.15) is 0 Å². The molecule has 0 aliphatic carbocycles. The fourth-order valence-corrected chi connectivity index (χ4v) is 2.84. The van der Waals surface area contributed by atoms with E-state index in [1.54, 1.807) is 18.1 Å². The van der Waals surface area contributed by atoms with Gasteiger partial charge in [0.15, 0.2) is 0 Å². The van der Waals surface area contributed by atoms with E-state index in [0.29, 0.717) is 18.7 Å². The lowest BCUT2D eigenvalue weighted by Crippen LogP contribution is -2.39. The maximum Gasteiger partial charge on any atom is 0.230 e. The summed E-state index contributed by atoms with van der Waals surface area (Å²) in [6.45, 7) is 2.35. The second kappa shape index (κ2) is 5.79. The fraction of sp³-hybridized carbons (Fsp3) is 0.278. The monoisotopic (exact) mass is 299 g/mol.